The molecule has 5 nitrogen and oxygen atoms in total. The molecule has 0 aliphatic heterocycles. The molecule has 1 aliphatic carbocycles. The van der Waals surface area contributed by atoms with Crippen LogP contribution in [0.15, 0.2) is 0 Å². The van der Waals surface area contributed by atoms with Gasteiger partial charge in [0.05, 0.1) is 5.92 Å². The Morgan fingerprint density at radius 2 is 1.85 bits per heavy atom. The van der Waals surface area contributed by atoms with Crippen molar-refractivity contribution in [3.63, 3.8) is 0 Å². The van der Waals surface area contributed by atoms with Crippen molar-refractivity contribution in [1.82, 2.24) is 4.72 Å². The maximum Gasteiger partial charge on any atom is 0.306 e. The number of hydrogen-bond donors (Lipinski definition) is 3. The van der Waals surface area contributed by atoms with E-state index < -0.39 is 17.2 Å². The summed E-state index contributed by atoms with van der Waals surface area (Å²) in [4.78, 5) is 10.6. The Hall–Kier alpha value is -0.460. The van der Waals surface area contributed by atoms with E-state index in [4.69, 9.17) is 9.66 Å². The molecule has 0 radical (unpaired) electrons. The molecule has 0 bridgehead atoms. The van der Waals surface area contributed by atoms with Gasteiger partial charge in [-0.15, -0.1) is 0 Å². The van der Waals surface area contributed by atoms with Crippen molar-refractivity contribution < 1.29 is 18.7 Å². The topological polar surface area (TPSA) is 86.6 Å². The first-order valence-corrected chi connectivity index (χ1v) is 5.30. The molecule has 3 N–H and O–H groups in total. The lowest BCUT2D eigenvalue weighted by molar-refractivity contribution is -0.142. The Morgan fingerprint density at radius 1 is 1.31 bits per heavy atom. The Morgan fingerprint density at radius 3 is 2.23 bits per heavy atom. The van der Waals surface area contributed by atoms with Gasteiger partial charge in [-0.2, -0.15) is 0 Å². The Balaban J connectivity index is 2.30. The molecule has 1 unspecified atom stereocenters. The van der Waals surface area contributed by atoms with Crippen LogP contribution >= 0.6 is 0 Å². The molecular weight excluding hydrogens is 194 g/mol. The molecule has 6 heteroatoms. The van der Waals surface area contributed by atoms with E-state index in [1.807, 2.05) is 0 Å². The summed E-state index contributed by atoms with van der Waals surface area (Å²) in [6, 6.07) is -0.0126. The van der Waals surface area contributed by atoms with Gasteiger partial charge in [-0.3, -0.25) is 9.35 Å². The van der Waals surface area contributed by atoms with E-state index in [2.05, 4.69) is 4.72 Å². The number of aliphatic carboxylic acids is 1. The first-order valence-electron chi connectivity index (χ1n) is 4.19. The minimum absolute atomic E-state index is 0.0126. The van der Waals surface area contributed by atoms with Crippen LogP contribution in [0.3, 0.4) is 0 Å². The Kier molecular flexibility index (Phi) is 3.83. The predicted octanol–water partition coefficient (Wildman–Crippen LogP) is 0.356. The lowest BCUT2D eigenvalue weighted by Gasteiger charge is -2.25. The number of carboxylic acids is 1. The standard InChI is InChI=1S/C7H13NO4S/c9-7(10)5-1-3-6(4-2-5)8-13(11)12/h5-6,8H,1-4H2,(H,9,10)(H,11,12). The van der Waals surface area contributed by atoms with Gasteiger partial charge in [0.15, 0.2) is 0 Å². The summed E-state index contributed by atoms with van der Waals surface area (Å²) in [5.41, 5.74) is 0. The van der Waals surface area contributed by atoms with Crippen molar-refractivity contribution in [3.05, 3.63) is 0 Å². The first kappa shape index (κ1) is 10.6. The quantitative estimate of drug-likeness (QED) is 0.583. The average molecular weight is 207 g/mol. The van der Waals surface area contributed by atoms with Crippen LogP contribution in [0, 0.1) is 5.92 Å². The Labute approximate surface area is 78.9 Å². The summed E-state index contributed by atoms with van der Waals surface area (Å²) in [6.45, 7) is 0. The van der Waals surface area contributed by atoms with E-state index in [0.717, 1.165) is 0 Å². The molecule has 0 aromatic carbocycles. The van der Waals surface area contributed by atoms with Crippen LogP contribution in [0.4, 0.5) is 0 Å². The minimum Gasteiger partial charge on any atom is -0.481 e. The molecule has 1 rings (SSSR count). The molecular formula is C7H13NO4S. The van der Waals surface area contributed by atoms with E-state index >= 15 is 0 Å². The number of nitrogens with one attached hydrogen (secondary N) is 1. The summed E-state index contributed by atoms with van der Waals surface area (Å²) < 4.78 is 21.4. The minimum atomic E-state index is -1.98. The van der Waals surface area contributed by atoms with Crippen molar-refractivity contribution >= 4 is 17.2 Å². The average Bonchev–Trinajstić information content (AvgIpc) is 2.04. The van der Waals surface area contributed by atoms with Crippen LogP contribution in [0.25, 0.3) is 0 Å². The van der Waals surface area contributed by atoms with Gasteiger partial charge >= 0.3 is 5.97 Å². The van der Waals surface area contributed by atoms with Gasteiger partial charge in [0.1, 0.15) is 0 Å². The highest BCUT2D eigenvalue weighted by Gasteiger charge is 2.26. The zero-order valence-electron chi connectivity index (χ0n) is 7.10. The summed E-state index contributed by atoms with van der Waals surface area (Å²) in [5.74, 6) is -1.03. The van der Waals surface area contributed by atoms with Crippen LogP contribution in [-0.4, -0.2) is 25.9 Å². The van der Waals surface area contributed by atoms with Crippen molar-refractivity contribution in [2.45, 2.75) is 31.7 Å². The molecule has 0 saturated heterocycles. The summed E-state index contributed by atoms with van der Waals surface area (Å²) in [6.07, 6.45) is 2.49. The van der Waals surface area contributed by atoms with Crippen LogP contribution in [0.2, 0.25) is 0 Å². The fraction of sp³-hybridized carbons (Fsp3) is 0.857. The van der Waals surface area contributed by atoms with Crippen molar-refractivity contribution in [1.29, 1.82) is 0 Å². The lowest BCUT2D eigenvalue weighted by Crippen LogP contribution is -2.35. The Bertz CT molecular complexity index is 213. The monoisotopic (exact) mass is 207 g/mol. The predicted molar refractivity (Wildman–Crippen MR) is 47.3 cm³/mol. The van der Waals surface area contributed by atoms with Crippen molar-refractivity contribution in [3.8, 4) is 0 Å². The van der Waals surface area contributed by atoms with Gasteiger partial charge in [0, 0.05) is 6.04 Å². The second-order valence-corrected chi connectivity index (χ2v) is 3.99. The first-order chi connectivity index (χ1) is 6.09. The third kappa shape index (κ3) is 3.41. The van der Waals surface area contributed by atoms with Crippen LogP contribution in [0.1, 0.15) is 25.7 Å². The second kappa shape index (κ2) is 4.69. The molecule has 76 valence electrons. The van der Waals surface area contributed by atoms with Crippen LogP contribution < -0.4 is 4.72 Å². The lowest BCUT2D eigenvalue weighted by atomic mass is 9.87. The molecule has 0 heterocycles. The molecule has 1 fully saturated rings. The van der Waals surface area contributed by atoms with E-state index in [-0.39, 0.29) is 12.0 Å². The number of carboxylic acid groups (broad SMARTS) is 1. The molecule has 1 aliphatic rings. The molecule has 0 aromatic rings. The molecule has 1 atom stereocenters. The maximum absolute atomic E-state index is 10.6. The third-order valence-electron chi connectivity index (χ3n) is 2.34. The summed E-state index contributed by atoms with van der Waals surface area (Å²) in [5, 5.41) is 8.68. The van der Waals surface area contributed by atoms with Gasteiger partial charge in [-0.1, -0.05) is 0 Å². The van der Waals surface area contributed by atoms with Crippen molar-refractivity contribution in [2.24, 2.45) is 5.92 Å². The largest absolute Gasteiger partial charge is 0.481 e. The summed E-state index contributed by atoms with van der Waals surface area (Å²) >= 11 is -1.98. The molecule has 13 heavy (non-hydrogen) atoms. The number of carbonyl (C=O) groups is 1. The highest BCUT2D eigenvalue weighted by atomic mass is 32.2. The molecule has 0 amide bonds. The molecule has 0 spiro atoms. The van der Waals surface area contributed by atoms with E-state index in [0.29, 0.717) is 25.7 Å². The van der Waals surface area contributed by atoms with E-state index in [1.165, 1.54) is 0 Å². The fourth-order valence-electron chi connectivity index (χ4n) is 1.60. The second-order valence-electron chi connectivity index (χ2n) is 3.25. The molecule has 0 aromatic heterocycles. The van der Waals surface area contributed by atoms with Gasteiger partial charge < -0.3 is 5.11 Å². The molecule has 1 saturated carbocycles. The highest BCUT2D eigenvalue weighted by Crippen LogP contribution is 2.24. The normalized spacial score (nSPS) is 31.2. The number of hydrogen-bond acceptors (Lipinski definition) is 2. The highest BCUT2D eigenvalue weighted by molar-refractivity contribution is 7.77. The zero-order chi connectivity index (χ0) is 9.84. The van der Waals surface area contributed by atoms with Gasteiger partial charge in [-0.05, 0) is 25.7 Å². The SMILES string of the molecule is O=C(O)C1CCC(NS(=O)O)CC1. The van der Waals surface area contributed by atoms with Crippen LogP contribution in [-0.2, 0) is 16.1 Å². The van der Waals surface area contributed by atoms with E-state index in [9.17, 15) is 9.00 Å². The maximum atomic E-state index is 10.6. The van der Waals surface area contributed by atoms with E-state index in [1.54, 1.807) is 0 Å². The van der Waals surface area contributed by atoms with Gasteiger partial charge in [0.2, 0.25) is 11.3 Å². The third-order valence-corrected chi connectivity index (χ3v) is 2.88. The smallest absolute Gasteiger partial charge is 0.306 e. The van der Waals surface area contributed by atoms with Crippen molar-refractivity contribution in [2.75, 3.05) is 0 Å². The summed E-state index contributed by atoms with van der Waals surface area (Å²) in [7, 11) is 0. The van der Waals surface area contributed by atoms with Gasteiger partial charge in [0.25, 0.3) is 0 Å². The fourth-order valence-corrected chi connectivity index (χ4v) is 2.12. The van der Waals surface area contributed by atoms with Gasteiger partial charge in [-0.25, -0.2) is 8.93 Å². The zero-order valence-corrected chi connectivity index (χ0v) is 7.92. The van der Waals surface area contributed by atoms with Crippen LogP contribution in [0.5, 0.6) is 0 Å². The number of rotatable bonds is 3.